The zero-order valence-corrected chi connectivity index (χ0v) is 12.0. The molecule has 0 fully saturated rings. The van der Waals surface area contributed by atoms with Crippen LogP contribution in [0.3, 0.4) is 0 Å². The van der Waals surface area contributed by atoms with Crippen LogP contribution in [0.2, 0.25) is 0 Å². The number of carboxylic acid groups (broad SMARTS) is 1. The summed E-state index contributed by atoms with van der Waals surface area (Å²) in [5.41, 5.74) is 3.91. The average molecular weight is 286 g/mol. The quantitative estimate of drug-likeness (QED) is 0.927. The number of hydrogen-bond donors (Lipinski definition) is 1. The van der Waals surface area contributed by atoms with Crippen LogP contribution in [0.25, 0.3) is 5.57 Å². The summed E-state index contributed by atoms with van der Waals surface area (Å²) in [5, 5.41) is 9.03. The van der Waals surface area contributed by atoms with Gasteiger partial charge in [-0.25, -0.2) is 4.79 Å². The normalized spacial score (nSPS) is 18.8. The zero-order valence-electron chi connectivity index (χ0n) is 12.0. The summed E-state index contributed by atoms with van der Waals surface area (Å²) >= 11 is 0. The molecule has 0 heterocycles. The number of rotatable bonds is 3. The number of Topliss-reactive ketones (excluding diaryl/α,β-unsaturated/α-hetero) is 1. The molecule has 0 aliphatic heterocycles. The lowest BCUT2D eigenvalue weighted by molar-refractivity contribution is -0.144. The van der Waals surface area contributed by atoms with E-state index < -0.39 is 12.1 Å². The van der Waals surface area contributed by atoms with Crippen LogP contribution in [-0.4, -0.2) is 23.0 Å². The number of allylic oxidation sites excluding steroid dienone is 2. The van der Waals surface area contributed by atoms with Gasteiger partial charge in [-0.15, -0.1) is 0 Å². The van der Waals surface area contributed by atoms with E-state index in [0.717, 1.165) is 48.0 Å². The third-order valence-corrected chi connectivity index (χ3v) is 4.22. The van der Waals surface area contributed by atoms with Crippen LogP contribution in [0, 0.1) is 0 Å². The van der Waals surface area contributed by atoms with Gasteiger partial charge < -0.3 is 9.84 Å². The van der Waals surface area contributed by atoms with E-state index in [1.807, 2.05) is 12.1 Å². The Morgan fingerprint density at radius 3 is 2.67 bits per heavy atom. The van der Waals surface area contributed by atoms with Gasteiger partial charge in [-0.1, -0.05) is 12.1 Å². The number of ether oxygens (including phenoxy) is 1. The minimum Gasteiger partial charge on any atom is -0.479 e. The predicted octanol–water partition coefficient (Wildman–Crippen LogP) is 2.99. The molecule has 3 rings (SSSR count). The Labute approximate surface area is 123 Å². The fourth-order valence-electron chi connectivity index (χ4n) is 3.17. The number of hydrogen-bond acceptors (Lipinski definition) is 3. The molecule has 0 spiro atoms. The Balaban J connectivity index is 2.08. The second kappa shape index (κ2) is 5.35. The first-order valence-electron chi connectivity index (χ1n) is 7.35. The van der Waals surface area contributed by atoms with E-state index in [1.54, 1.807) is 6.07 Å². The molecule has 1 unspecified atom stereocenters. The van der Waals surface area contributed by atoms with Crippen molar-refractivity contribution in [2.45, 2.75) is 45.1 Å². The summed E-state index contributed by atoms with van der Waals surface area (Å²) in [6.07, 6.45) is 3.31. The van der Waals surface area contributed by atoms with E-state index in [4.69, 9.17) is 9.84 Å². The van der Waals surface area contributed by atoms with Crippen molar-refractivity contribution < 1.29 is 19.4 Å². The van der Waals surface area contributed by atoms with Gasteiger partial charge in [0.2, 0.25) is 0 Å². The van der Waals surface area contributed by atoms with Crippen LogP contribution in [0.4, 0.5) is 0 Å². The summed E-state index contributed by atoms with van der Waals surface area (Å²) < 4.78 is 5.61. The van der Waals surface area contributed by atoms with E-state index in [2.05, 4.69) is 0 Å². The van der Waals surface area contributed by atoms with Gasteiger partial charge in [0, 0.05) is 12.0 Å². The van der Waals surface area contributed by atoms with Gasteiger partial charge in [-0.2, -0.15) is 0 Å². The molecule has 2 aliphatic carbocycles. The van der Waals surface area contributed by atoms with Gasteiger partial charge in [-0.05, 0) is 55.4 Å². The highest BCUT2D eigenvalue weighted by Gasteiger charge is 2.30. The number of carbonyl (C=O) groups is 2. The minimum atomic E-state index is -0.989. The van der Waals surface area contributed by atoms with Crippen molar-refractivity contribution in [2.24, 2.45) is 0 Å². The molecule has 0 aromatic heterocycles. The van der Waals surface area contributed by atoms with Gasteiger partial charge in [-0.3, -0.25) is 4.79 Å². The first-order chi connectivity index (χ1) is 10.1. The van der Waals surface area contributed by atoms with E-state index in [0.29, 0.717) is 12.2 Å². The highest BCUT2D eigenvalue weighted by molar-refractivity contribution is 6.08. The molecule has 0 saturated carbocycles. The van der Waals surface area contributed by atoms with Crippen molar-refractivity contribution >= 4 is 17.3 Å². The second-order valence-corrected chi connectivity index (χ2v) is 5.65. The minimum absolute atomic E-state index is 0.209. The summed E-state index contributed by atoms with van der Waals surface area (Å²) in [5.74, 6) is -0.192. The van der Waals surface area contributed by atoms with Crippen LogP contribution >= 0.6 is 0 Å². The number of aliphatic carboxylic acids is 1. The maximum atomic E-state index is 12.2. The Morgan fingerprint density at radius 2 is 1.95 bits per heavy atom. The molecule has 21 heavy (non-hydrogen) atoms. The molecule has 0 saturated heterocycles. The lowest BCUT2D eigenvalue weighted by Gasteiger charge is -2.28. The molecule has 0 amide bonds. The molecular weight excluding hydrogens is 268 g/mol. The Bertz CT molecular complexity index is 642. The SMILES string of the molecule is CC(Oc1cccc2c1C1=C(CCCC1)C(=O)C2)C(=O)O. The van der Waals surface area contributed by atoms with E-state index in [9.17, 15) is 9.59 Å². The number of carboxylic acids is 1. The van der Waals surface area contributed by atoms with E-state index in [-0.39, 0.29) is 5.78 Å². The molecule has 1 aromatic rings. The highest BCUT2D eigenvalue weighted by atomic mass is 16.5. The molecular formula is C17H18O4. The van der Waals surface area contributed by atoms with Crippen LogP contribution in [0.15, 0.2) is 23.8 Å². The molecule has 4 nitrogen and oxygen atoms in total. The molecule has 110 valence electrons. The number of benzene rings is 1. The molecule has 1 aromatic carbocycles. The van der Waals surface area contributed by atoms with Crippen molar-refractivity contribution in [3.05, 3.63) is 34.9 Å². The monoisotopic (exact) mass is 286 g/mol. The van der Waals surface area contributed by atoms with Crippen LogP contribution < -0.4 is 4.74 Å². The van der Waals surface area contributed by atoms with Gasteiger partial charge in [0.05, 0.1) is 0 Å². The van der Waals surface area contributed by atoms with Crippen molar-refractivity contribution in [1.29, 1.82) is 0 Å². The zero-order chi connectivity index (χ0) is 15.0. The third kappa shape index (κ3) is 2.46. The molecule has 0 bridgehead atoms. The average Bonchev–Trinajstić information content (AvgIpc) is 2.47. The molecule has 4 heteroatoms. The Morgan fingerprint density at radius 1 is 1.24 bits per heavy atom. The van der Waals surface area contributed by atoms with E-state index in [1.165, 1.54) is 6.92 Å². The van der Waals surface area contributed by atoms with Crippen LogP contribution in [-0.2, 0) is 16.0 Å². The van der Waals surface area contributed by atoms with Gasteiger partial charge in [0.1, 0.15) is 5.75 Å². The smallest absolute Gasteiger partial charge is 0.344 e. The lowest BCUT2D eigenvalue weighted by atomic mass is 9.77. The van der Waals surface area contributed by atoms with Crippen molar-refractivity contribution in [2.75, 3.05) is 0 Å². The maximum Gasteiger partial charge on any atom is 0.344 e. The molecule has 2 aliphatic rings. The fraction of sp³-hybridized carbons (Fsp3) is 0.412. The first kappa shape index (κ1) is 13.9. The highest BCUT2D eigenvalue weighted by Crippen LogP contribution is 2.42. The van der Waals surface area contributed by atoms with E-state index >= 15 is 0 Å². The second-order valence-electron chi connectivity index (χ2n) is 5.65. The van der Waals surface area contributed by atoms with Gasteiger partial charge >= 0.3 is 5.97 Å². The van der Waals surface area contributed by atoms with Crippen LogP contribution in [0.5, 0.6) is 5.75 Å². The third-order valence-electron chi connectivity index (χ3n) is 4.22. The fourth-order valence-corrected chi connectivity index (χ4v) is 3.17. The topological polar surface area (TPSA) is 63.6 Å². The first-order valence-corrected chi connectivity index (χ1v) is 7.35. The summed E-state index contributed by atoms with van der Waals surface area (Å²) in [6.45, 7) is 1.52. The lowest BCUT2D eigenvalue weighted by Crippen LogP contribution is -2.25. The molecule has 0 radical (unpaired) electrons. The van der Waals surface area contributed by atoms with Crippen LogP contribution in [0.1, 0.15) is 43.7 Å². The molecule has 1 N–H and O–H groups in total. The van der Waals surface area contributed by atoms with Gasteiger partial charge in [0.15, 0.2) is 11.9 Å². The summed E-state index contributed by atoms with van der Waals surface area (Å²) in [6, 6.07) is 5.56. The summed E-state index contributed by atoms with van der Waals surface area (Å²) in [4.78, 5) is 23.3. The van der Waals surface area contributed by atoms with Crippen molar-refractivity contribution in [1.82, 2.24) is 0 Å². The summed E-state index contributed by atoms with van der Waals surface area (Å²) in [7, 11) is 0. The number of carbonyl (C=O) groups excluding carboxylic acids is 1. The Hall–Kier alpha value is -2.10. The van der Waals surface area contributed by atoms with Crippen molar-refractivity contribution in [3.8, 4) is 5.75 Å². The number of fused-ring (bicyclic) bond motifs is 2. The molecule has 1 atom stereocenters. The number of ketones is 1. The van der Waals surface area contributed by atoms with Gasteiger partial charge in [0.25, 0.3) is 0 Å². The Kier molecular flexibility index (Phi) is 3.53. The standard InChI is InChI=1S/C17H18O4/c1-10(17(19)20)21-15-8-4-5-11-9-14(18)12-6-2-3-7-13(12)16(11)15/h4-5,8,10H,2-3,6-7,9H2,1H3,(H,19,20). The maximum absolute atomic E-state index is 12.2. The predicted molar refractivity (Wildman–Crippen MR) is 78.3 cm³/mol. The largest absolute Gasteiger partial charge is 0.479 e. The van der Waals surface area contributed by atoms with Crippen molar-refractivity contribution in [3.63, 3.8) is 0 Å².